The van der Waals surface area contributed by atoms with Gasteiger partial charge in [-0.2, -0.15) is 5.10 Å². The Labute approximate surface area is 199 Å². The highest BCUT2D eigenvalue weighted by Gasteiger charge is 2.36. The minimum atomic E-state index is -0.207. The number of piperazine rings is 1. The summed E-state index contributed by atoms with van der Waals surface area (Å²) in [7, 11) is 3.71. The van der Waals surface area contributed by atoms with Crippen LogP contribution in [0, 0.1) is 5.92 Å². The Morgan fingerprint density at radius 3 is 2.56 bits per heavy atom. The number of hydrogen-bond donors (Lipinski definition) is 1. The zero-order chi connectivity index (χ0) is 23.7. The number of primary amides is 1. The highest BCUT2D eigenvalue weighted by atomic mass is 16.5. The van der Waals surface area contributed by atoms with Gasteiger partial charge in [0.05, 0.1) is 41.9 Å². The third kappa shape index (κ3) is 4.50. The van der Waals surface area contributed by atoms with E-state index in [0.29, 0.717) is 12.0 Å². The molecule has 3 aromatic rings. The summed E-state index contributed by atoms with van der Waals surface area (Å²) in [6.07, 6.45) is 9.77. The topological polar surface area (TPSA) is 102 Å². The number of rotatable bonds is 6. The molecule has 1 aliphatic carbocycles. The molecule has 1 saturated carbocycles. The number of methoxy groups -OCH3 is 1. The van der Waals surface area contributed by atoms with Crippen molar-refractivity contribution in [3.8, 4) is 11.3 Å². The number of benzene rings is 1. The Kier molecular flexibility index (Phi) is 6.47. The van der Waals surface area contributed by atoms with Crippen molar-refractivity contribution in [3.05, 3.63) is 36.8 Å². The fourth-order valence-corrected chi connectivity index (χ4v) is 5.53. The summed E-state index contributed by atoms with van der Waals surface area (Å²) in [6, 6.07) is 6.02. The van der Waals surface area contributed by atoms with Gasteiger partial charge in [-0.25, -0.2) is 4.98 Å². The normalized spacial score (nSPS) is 22.7. The molecule has 9 heteroatoms. The van der Waals surface area contributed by atoms with Gasteiger partial charge in [-0.3, -0.25) is 19.4 Å². The van der Waals surface area contributed by atoms with E-state index in [1.54, 1.807) is 13.3 Å². The van der Waals surface area contributed by atoms with Gasteiger partial charge in [0.15, 0.2) is 0 Å². The number of hydrogen-bond acceptors (Lipinski definition) is 7. The molecule has 1 amide bonds. The lowest BCUT2D eigenvalue weighted by atomic mass is 9.81. The molecule has 0 spiro atoms. The molecule has 180 valence electrons. The number of anilines is 1. The SMILES string of the molecule is COC1CCC(C(C(N)=O)N2CCN(c3cncc(-c4ccc5cnn(C)c5c4)n3)CC2)CC1. The first-order valence-corrected chi connectivity index (χ1v) is 12.1. The zero-order valence-corrected chi connectivity index (χ0v) is 19.9. The van der Waals surface area contributed by atoms with Crippen LogP contribution in [0.2, 0.25) is 0 Å². The van der Waals surface area contributed by atoms with Gasteiger partial charge in [0.2, 0.25) is 5.91 Å². The van der Waals surface area contributed by atoms with Gasteiger partial charge >= 0.3 is 0 Å². The molecule has 34 heavy (non-hydrogen) atoms. The molecule has 3 heterocycles. The van der Waals surface area contributed by atoms with Gasteiger partial charge < -0.3 is 15.4 Å². The number of nitrogens with two attached hydrogens (primary N) is 1. The molecule has 1 saturated heterocycles. The molecule has 2 N–H and O–H groups in total. The van der Waals surface area contributed by atoms with Crippen molar-refractivity contribution >= 4 is 22.6 Å². The monoisotopic (exact) mass is 463 g/mol. The number of aromatic nitrogens is 4. The molecular weight excluding hydrogens is 430 g/mol. The van der Waals surface area contributed by atoms with E-state index in [2.05, 4.69) is 38.1 Å². The number of carbonyl (C=O) groups excluding carboxylic acids is 1. The summed E-state index contributed by atoms with van der Waals surface area (Å²) in [5, 5.41) is 5.43. The van der Waals surface area contributed by atoms with Crippen molar-refractivity contribution in [1.82, 2.24) is 24.6 Å². The number of ether oxygens (including phenoxy) is 1. The van der Waals surface area contributed by atoms with Crippen LogP contribution in [-0.2, 0) is 16.6 Å². The second-order valence-electron chi connectivity index (χ2n) is 9.45. The highest BCUT2D eigenvalue weighted by molar-refractivity contribution is 5.83. The largest absolute Gasteiger partial charge is 0.381 e. The molecule has 0 radical (unpaired) electrons. The molecule has 1 aromatic carbocycles. The predicted octanol–water partition coefficient (Wildman–Crippen LogP) is 2.21. The minimum absolute atomic E-state index is 0.206. The second kappa shape index (κ2) is 9.68. The Hall–Kier alpha value is -3.04. The van der Waals surface area contributed by atoms with Crippen molar-refractivity contribution < 1.29 is 9.53 Å². The van der Waals surface area contributed by atoms with E-state index in [0.717, 1.165) is 79.8 Å². The van der Waals surface area contributed by atoms with Crippen molar-refractivity contribution in [2.75, 3.05) is 38.2 Å². The summed E-state index contributed by atoms with van der Waals surface area (Å²) in [6.45, 7) is 3.14. The molecule has 2 fully saturated rings. The molecular formula is C25H33N7O2. The number of carbonyl (C=O) groups is 1. The van der Waals surface area contributed by atoms with Gasteiger partial charge in [0.1, 0.15) is 5.82 Å². The maximum absolute atomic E-state index is 12.4. The van der Waals surface area contributed by atoms with Crippen LogP contribution in [0.4, 0.5) is 5.82 Å². The highest BCUT2D eigenvalue weighted by Crippen LogP contribution is 2.31. The lowest BCUT2D eigenvalue weighted by Gasteiger charge is -2.42. The number of nitrogens with zero attached hydrogens (tertiary/aromatic N) is 6. The lowest BCUT2D eigenvalue weighted by Crippen LogP contribution is -2.57. The van der Waals surface area contributed by atoms with Crippen LogP contribution in [0.15, 0.2) is 36.8 Å². The predicted molar refractivity (Wildman–Crippen MR) is 131 cm³/mol. The molecule has 1 unspecified atom stereocenters. The Bertz CT molecular complexity index is 1150. The summed E-state index contributed by atoms with van der Waals surface area (Å²) in [4.78, 5) is 26.3. The van der Waals surface area contributed by atoms with Crippen molar-refractivity contribution in [2.45, 2.75) is 37.8 Å². The van der Waals surface area contributed by atoms with E-state index in [9.17, 15) is 4.79 Å². The van der Waals surface area contributed by atoms with Gasteiger partial charge in [-0.05, 0) is 37.7 Å². The maximum atomic E-state index is 12.4. The van der Waals surface area contributed by atoms with Gasteiger partial charge in [-0.15, -0.1) is 0 Å². The zero-order valence-electron chi connectivity index (χ0n) is 19.9. The summed E-state index contributed by atoms with van der Waals surface area (Å²) in [5.41, 5.74) is 8.81. The van der Waals surface area contributed by atoms with E-state index >= 15 is 0 Å². The van der Waals surface area contributed by atoms with E-state index in [1.165, 1.54) is 0 Å². The van der Waals surface area contributed by atoms with E-state index < -0.39 is 0 Å². The van der Waals surface area contributed by atoms with E-state index in [1.807, 2.05) is 24.1 Å². The molecule has 1 aliphatic heterocycles. The molecule has 2 aliphatic rings. The summed E-state index contributed by atoms with van der Waals surface area (Å²) < 4.78 is 7.37. The van der Waals surface area contributed by atoms with Gasteiger partial charge in [-0.1, -0.05) is 12.1 Å². The Balaban J connectivity index is 1.27. The fraction of sp³-hybridized carbons (Fsp3) is 0.520. The van der Waals surface area contributed by atoms with Crippen molar-refractivity contribution in [2.24, 2.45) is 18.7 Å². The number of aryl methyl sites for hydroxylation is 1. The first kappa shape index (κ1) is 22.7. The first-order chi connectivity index (χ1) is 16.5. The van der Waals surface area contributed by atoms with Crippen LogP contribution in [-0.4, -0.2) is 76.0 Å². The molecule has 5 rings (SSSR count). The fourth-order valence-electron chi connectivity index (χ4n) is 5.53. The smallest absolute Gasteiger partial charge is 0.235 e. The third-order valence-corrected chi connectivity index (χ3v) is 7.49. The average molecular weight is 464 g/mol. The van der Waals surface area contributed by atoms with Crippen molar-refractivity contribution in [1.29, 1.82) is 0 Å². The van der Waals surface area contributed by atoms with Gasteiger partial charge in [0, 0.05) is 51.3 Å². The van der Waals surface area contributed by atoms with Crippen LogP contribution in [0.25, 0.3) is 22.2 Å². The third-order valence-electron chi connectivity index (χ3n) is 7.49. The van der Waals surface area contributed by atoms with Crippen LogP contribution in [0.5, 0.6) is 0 Å². The van der Waals surface area contributed by atoms with Crippen LogP contribution in [0.1, 0.15) is 25.7 Å². The molecule has 0 bridgehead atoms. The second-order valence-corrected chi connectivity index (χ2v) is 9.45. The summed E-state index contributed by atoms with van der Waals surface area (Å²) in [5.74, 6) is 0.959. The Morgan fingerprint density at radius 2 is 1.85 bits per heavy atom. The first-order valence-electron chi connectivity index (χ1n) is 12.1. The van der Waals surface area contributed by atoms with Crippen molar-refractivity contribution in [3.63, 3.8) is 0 Å². The number of fused-ring (bicyclic) bond motifs is 1. The van der Waals surface area contributed by atoms with Crippen LogP contribution >= 0.6 is 0 Å². The minimum Gasteiger partial charge on any atom is -0.381 e. The van der Waals surface area contributed by atoms with Crippen LogP contribution in [0.3, 0.4) is 0 Å². The van der Waals surface area contributed by atoms with E-state index in [-0.39, 0.29) is 11.9 Å². The summed E-state index contributed by atoms with van der Waals surface area (Å²) >= 11 is 0. The standard InChI is InChI=1S/C25H33N7O2/c1-30-22-13-18(3-4-19(22)14-28-30)21-15-27-16-23(29-21)31-9-11-32(12-10-31)24(25(26)33)17-5-7-20(34-2)8-6-17/h3-4,13-17,20,24H,5-12H2,1-2H3,(H2,26,33). The number of amides is 1. The van der Waals surface area contributed by atoms with Gasteiger partial charge in [0.25, 0.3) is 0 Å². The quantitative estimate of drug-likeness (QED) is 0.598. The van der Waals surface area contributed by atoms with Crippen LogP contribution < -0.4 is 10.6 Å². The maximum Gasteiger partial charge on any atom is 0.235 e. The Morgan fingerprint density at radius 1 is 1.09 bits per heavy atom. The lowest BCUT2D eigenvalue weighted by molar-refractivity contribution is -0.126. The molecule has 9 nitrogen and oxygen atoms in total. The van der Waals surface area contributed by atoms with E-state index in [4.69, 9.17) is 15.5 Å². The molecule has 2 aromatic heterocycles. The molecule has 1 atom stereocenters. The average Bonchev–Trinajstić information content (AvgIpc) is 3.25.